The average molecular weight is 594 g/mol. The third-order valence-corrected chi connectivity index (χ3v) is 8.90. The Kier molecular flexibility index (Phi) is 7.95. The van der Waals surface area contributed by atoms with E-state index in [1.54, 1.807) is 11.8 Å². The maximum Gasteiger partial charge on any atom is 0.418 e. The molecule has 0 saturated heterocycles. The number of benzene rings is 3. The van der Waals surface area contributed by atoms with Gasteiger partial charge in [0.2, 0.25) is 0 Å². The molecule has 0 amide bonds. The smallest absolute Gasteiger partial charge is 0.384 e. The van der Waals surface area contributed by atoms with E-state index in [2.05, 4.69) is 12.1 Å². The highest BCUT2D eigenvalue weighted by Crippen LogP contribution is 2.49. The number of ketones is 1. The number of nitriles is 1. The summed E-state index contributed by atoms with van der Waals surface area (Å²) in [5, 5.41) is 11.0. The van der Waals surface area contributed by atoms with E-state index in [-0.39, 0.29) is 29.3 Å². The van der Waals surface area contributed by atoms with Gasteiger partial charge in [0.05, 0.1) is 28.8 Å². The maximum absolute atomic E-state index is 14.1. The Morgan fingerprint density at radius 3 is 2.49 bits per heavy atom. The second-order valence-electron chi connectivity index (χ2n) is 10.2. The molecule has 2 aliphatic rings. The highest BCUT2D eigenvalue weighted by Gasteiger charge is 2.43. The summed E-state index contributed by atoms with van der Waals surface area (Å²) in [7, 11) is 0. The minimum absolute atomic E-state index is 0.0704. The monoisotopic (exact) mass is 593 g/mol. The van der Waals surface area contributed by atoms with Crippen LogP contribution in [0.25, 0.3) is 0 Å². The lowest BCUT2D eigenvalue weighted by molar-refractivity contribution is -0.137. The molecule has 1 aliphatic carbocycles. The van der Waals surface area contributed by atoms with Crippen LogP contribution in [0.1, 0.15) is 53.0 Å². The van der Waals surface area contributed by atoms with Gasteiger partial charge in [-0.1, -0.05) is 41.4 Å². The number of aryl methyl sites for hydroxylation is 1. The van der Waals surface area contributed by atoms with E-state index < -0.39 is 17.7 Å². The number of hydrogen-bond acceptors (Lipinski definition) is 5. The van der Waals surface area contributed by atoms with Crippen LogP contribution in [-0.4, -0.2) is 5.78 Å². The van der Waals surface area contributed by atoms with Gasteiger partial charge in [-0.2, -0.15) is 18.4 Å². The number of carbonyl (C=O) groups is 1. The van der Waals surface area contributed by atoms with E-state index >= 15 is 0 Å². The van der Waals surface area contributed by atoms with Crippen LogP contribution in [0.15, 0.2) is 88.2 Å². The highest BCUT2D eigenvalue weighted by molar-refractivity contribution is 7.98. The minimum Gasteiger partial charge on any atom is -0.384 e. The molecule has 4 nitrogen and oxygen atoms in total. The summed E-state index contributed by atoms with van der Waals surface area (Å²) >= 11 is 7.67. The first-order valence-electron chi connectivity index (χ1n) is 13.1. The van der Waals surface area contributed by atoms with E-state index in [1.165, 1.54) is 23.1 Å². The van der Waals surface area contributed by atoms with Crippen LogP contribution in [0, 0.1) is 25.2 Å². The van der Waals surface area contributed by atoms with Gasteiger partial charge in [0.1, 0.15) is 5.82 Å². The van der Waals surface area contributed by atoms with E-state index in [0.29, 0.717) is 34.9 Å². The molecule has 1 aliphatic heterocycles. The van der Waals surface area contributed by atoms with Gasteiger partial charge < -0.3 is 5.73 Å². The Morgan fingerprint density at radius 2 is 1.80 bits per heavy atom. The molecule has 1 atom stereocenters. The second kappa shape index (κ2) is 11.3. The van der Waals surface area contributed by atoms with Crippen LogP contribution in [0.2, 0.25) is 5.02 Å². The Morgan fingerprint density at radius 1 is 1.10 bits per heavy atom. The second-order valence-corrected chi connectivity index (χ2v) is 11.7. The number of halogens is 4. The third kappa shape index (κ3) is 5.49. The van der Waals surface area contributed by atoms with E-state index in [9.17, 15) is 23.2 Å². The summed E-state index contributed by atoms with van der Waals surface area (Å²) in [6.07, 6.45) is -3.54. The number of allylic oxidation sites excluding steroid dienone is 3. The molecule has 0 radical (unpaired) electrons. The summed E-state index contributed by atoms with van der Waals surface area (Å²) in [5.74, 6) is -0.387. The van der Waals surface area contributed by atoms with Crippen LogP contribution < -0.4 is 10.6 Å². The molecule has 2 N–H and O–H groups in total. The Bertz CT molecular complexity index is 1640. The van der Waals surface area contributed by atoms with Crippen molar-refractivity contribution in [3.63, 3.8) is 0 Å². The van der Waals surface area contributed by atoms with Gasteiger partial charge in [0.15, 0.2) is 5.78 Å². The molecule has 41 heavy (non-hydrogen) atoms. The molecule has 1 heterocycles. The number of rotatable bonds is 5. The van der Waals surface area contributed by atoms with Crippen LogP contribution in [0.4, 0.5) is 18.9 Å². The molecule has 0 spiro atoms. The molecule has 0 bridgehead atoms. The van der Waals surface area contributed by atoms with Crippen LogP contribution in [0.3, 0.4) is 0 Å². The van der Waals surface area contributed by atoms with Gasteiger partial charge in [-0.3, -0.25) is 9.69 Å². The molecule has 1 unspecified atom stereocenters. The predicted octanol–water partition coefficient (Wildman–Crippen LogP) is 8.57. The standard InChI is InChI=1S/C32H27ClF3N3OS/c1-18-14-20(17-41-22-12-10-21(33)11-13-22)19(2)23(15-18)29-24(16-37)31(38)39(27-8-5-9-28(40)30(27)29)26-7-4-3-6-25(26)32(34,35)36/h3-4,6-7,10-15,29H,5,8-9,17,38H2,1-2H3. The van der Waals surface area contributed by atoms with Crippen LogP contribution >= 0.6 is 23.4 Å². The number of anilines is 1. The largest absolute Gasteiger partial charge is 0.418 e. The van der Waals surface area contributed by atoms with Crippen molar-refractivity contribution >= 4 is 34.8 Å². The summed E-state index contributed by atoms with van der Waals surface area (Å²) < 4.78 is 42.2. The van der Waals surface area contributed by atoms with Gasteiger partial charge in [-0.05, 0) is 79.8 Å². The van der Waals surface area contributed by atoms with Crippen molar-refractivity contribution in [2.24, 2.45) is 5.73 Å². The first-order chi connectivity index (χ1) is 19.5. The van der Waals surface area contributed by atoms with Crippen molar-refractivity contribution in [1.29, 1.82) is 5.26 Å². The number of carbonyl (C=O) groups excluding carboxylic acids is 1. The number of hydrogen-bond donors (Lipinski definition) is 1. The lowest BCUT2D eigenvalue weighted by Crippen LogP contribution is -2.39. The van der Waals surface area contributed by atoms with Crippen molar-refractivity contribution in [2.45, 2.75) is 55.9 Å². The number of nitrogens with two attached hydrogens (primary N) is 1. The lowest BCUT2D eigenvalue weighted by Gasteiger charge is -2.41. The number of thioether (sulfide) groups is 1. The number of nitrogens with zero attached hydrogens (tertiary/aromatic N) is 2. The van der Waals surface area contributed by atoms with Gasteiger partial charge in [0, 0.05) is 33.4 Å². The summed E-state index contributed by atoms with van der Waals surface area (Å²) in [4.78, 5) is 15.9. The van der Waals surface area contributed by atoms with Gasteiger partial charge in [-0.15, -0.1) is 11.8 Å². The van der Waals surface area contributed by atoms with E-state index in [0.717, 1.165) is 33.2 Å². The molecule has 210 valence electrons. The third-order valence-electron chi connectivity index (χ3n) is 7.58. The molecular formula is C32H27ClF3N3OS. The quantitative estimate of drug-likeness (QED) is 0.300. The fourth-order valence-corrected chi connectivity index (χ4v) is 6.76. The number of para-hydroxylation sites is 1. The van der Waals surface area contributed by atoms with Crippen LogP contribution in [-0.2, 0) is 16.7 Å². The Balaban J connectivity index is 1.66. The summed E-state index contributed by atoms with van der Waals surface area (Å²) in [6, 6.07) is 18.9. The van der Waals surface area contributed by atoms with Gasteiger partial charge in [0.25, 0.3) is 0 Å². The van der Waals surface area contributed by atoms with Crippen molar-refractivity contribution in [1.82, 2.24) is 0 Å². The number of Topliss-reactive ketones (excluding diaryl/α,β-unsaturated/α-hetero) is 1. The molecule has 5 rings (SSSR count). The van der Waals surface area contributed by atoms with E-state index in [1.807, 2.05) is 44.2 Å². The molecule has 0 aromatic heterocycles. The lowest BCUT2D eigenvalue weighted by atomic mass is 9.73. The maximum atomic E-state index is 14.1. The SMILES string of the molecule is Cc1cc(CSc2ccc(Cl)cc2)c(C)c(C2C(C#N)=C(N)N(c3ccccc3C(F)(F)F)C3=C2C(=O)CCC3)c1. The zero-order chi connectivity index (χ0) is 29.5. The minimum atomic E-state index is -4.65. The zero-order valence-electron chi connectivity index (χ0n) is 22.5. The highest BCUT2D eigenvalue weighted by atomic mass is 35.5. The molecule has 3 aromatic carbocycles. The molecular weight excluding hydrogens is 567 g/mol. The number of alkyl halides is 3. The summed E-state index contributed by atoms with van der Waals surface area (Å²) in [5.41, 5.74) is 10.0. The van der Waals surface area contributed by atoms with E-state index in [4.69, 9.17) is 17.3 Å². The topological polar surface area (TPSA) is 70.1 Å². The average Bonchev–Trinajstić information content (AvgIpc) is 2.93. The Hall–Kier alpha value is -3.67. The van der Waals surface area contributed by atoms with Gasteiger partial charge in [-0.25, -0.2) is 0 Å². The van der Waals surface area contributed by atoms with Crippen molar-refractivity contribution in [2.75, 3.05) is 4.90 Å². The molecule has 0 saturated carbocycles. The zero-order valence-corrected chi connectivity index (χ0v) is 24.1. The van der Waals surface area contributed by atoms with Crippen LogP contribution in [0.5, 0.6) is 0 Å². The fourth-order valence-electron chi connectivity index (χ4n) is 5.69. The van der Waals surface area contributed by atoms with Gasteiger partial charge >= 0.3 is 6.18 Å². The first kappa shape index (κ1) is 28.8. The normalized spacial score (nSPS) is 17.5. The molecule has 3 aromatic rings. The first-order valence-corrected chi connectivity index (χ1v) is 14.5. The Labute approximate surface area is 246 Å². The fraction of sp³-hybridized carbons (Fsp3) is 0.250. The van der Waals surface area contributed by atoms with Crippen molar-refractivity contribution < 1.29 is 18.0 Å². The van der Waals surface area contributed by atoms with Crippen molar-refractivity contribution in [3.8, 4) is 6.07 Å². The van der Waals surface area contributed by atoms with Crippen molar-refractivity contribution in [3.05, 3.63) is 116 Å². The predicted molar refractivity (Wildman–Crippen MR) is 156 cm³/mol. The molecule has 0 fully saturated rings. The molecule has 9 heteroatoms. The summed E-state index contributed by atoms with van der Waals surface area (Å²) in [6.45, 7) is 3.90.